The summed E-state index contributed by atoms with van der Waals surface area (Å²) in [5, 5.41) is 2.68. The molecule has 5 aliphatic carbocycles. The van der Waals surface area contributed by atoms with Gasteiger partial charge in [0.25, 0.3) is 0 Å². The molecule has 10 aromatic rings. The molecule has 2 heterocycles. The van der Waals surface area contributed by atoms with Gasteiger partial charge in [0.05, 0.1) is 11.4 Å². The van der Waals surface area contributed by atoms with Crippen molar-refractivity contribution in [2.45, 2.75) is 37.5 Å². The Morgan fingerprint density at radius 1 is 0.369 bits per heavy atom. The summed E-state index contributed by atoms with van der Waals surface area (Å²) < 4.78 is 2.68. The molecule has 65 heavy (non-hydrogen) atoms. The van der Waals surface area contributed by atoms with E-state index in [2.05, 4.69) is 194 Å². The third kappa shape index (κ3) is 5.78. The molecule has 4 bridgehead atoms. The van der Waals surface area contributed by atoms with Crippen molar-refractivity contribution in [1.82, 2.24) is 9.97 Å². The molecule has 0 radical (unpaired) electrons. The van der Waals surface area contributed by atoms with Crippen LogP contribution in [0, 0.1) is 23.7 Å². The molecular weight excluding hydrogens is 805 g/mol. The fourth-order valence-corrected chi connectivity index (χ4v) is 14.5. The predicted molar refractivity (Wildman–Crippen MR) is 271 cm³/mol. The SMILES string of the molecule is c1ccc(-c2cc(-c3ccccc3)nc(-c3cccc(-c4cccc(-c5c(-c6ccc7sc8ccccc8c7c6)ccc6c5-c5ccccc5C65C6CC7CC(C6)CC5C7)c4)c3)n2)cc1. The van der Waals surface area contributed by atoms with Crippen LogP contribution in [0.4, 0.5) is 0 Å². The summed E-state index contributed by atoms with van der Waals surface area (Å²) in [7, 11) is 0. The number of aromatic nitrogens is 2. The first-order valence-corrected chi connectivity index (χ1v) is 24.4. The van der Waals surface area contributed by atoms with Gasteiger partial charge in [0.15, 0.2) is 5.82 Å². The fraction of sp³-hybridized carbons (Fsp3) is 0.161. The largest absolute Gasteiger partial charge is 0.228 e. The lowest BCUT2D eigenvalue weighted by Gasteiger charge is -2.61. The van der Waals surface area contributed by atoms with E-state index in [1.54, 1.807) is 11.1 Å². The molecule has 2 aromatic heterocycles. The number of nitrogens with zero attached hydrogens (tertiary/aromatic N) is 2. The quantitative estimate of drug-likeness (QED) is 0.167. The van der Waals surface area contributed by atoms with Crippen LogP contribution >= 0.6 is 11.3 Å². The zero-order valence-corrected chi connectivity index (χ0v) is 36.9. The average Bonchev–Trinajstić information content (AvgIpc) is 3.89. The van der Waals surface area contributed by atoms with Crippen LogP contribution in [-0.4, -0.2) is 9.97 Å². The first kappa shape index (κ1) is 37.4. The minimum atomic E-state index is 0.0823. The summed E-state index contributed by atoms with van der Waals surface area (Å²) >= 11 is 1.89. The zero-order chi connectivity index (χ0) is 42.6. The molecule has 4 fully saturated rings. The maximum Gasteiger partial charge on any atom is 0.160 e. The second-order valence-electron chi connectivity index (χ2n) is 19.3. The van der Waals surface area contributed by atoms with Gasteiger partial charge in [-0.05, 0) is 148 Å². The Balaban J connectivity index is 0.960. The highest BCUT2D eigenvalue weighted by Crippen LogP contribution is 2.70. The molecule has 0 amide bonds. The lowest BCUT2D eigenvalue weighted by Crippen LogP contribution is -2.55. The van der Waals surface area contributed by atoms with Crippen LogP contribution in [0.3, 0.4) is 0 Å². The molecule has 1 spiro atoms. The van der Waals surface area contributed by atoms with E-state index in [4.69, 9.17) is 9.97 Å². The second-order valence-corrected chi connectivity index (χ2v) is 20.4. The number of thiophene rings is 1. The van der Waals surface area contributed by atoms with Crippen LogP contribution in [0.1, 0.15) is 43.2 Å². The van der Waals surface area contributed by atoms with Gasteiger partial charge in [0, 0.05) is 42.3 Å². The molecule has 0 aliphatic heterocycles. The summed E-state index contributed by atoms with van der Waals surface area (Å²) in [6.07, 6.45) is 6.94. The monoisotopic (exact) mass is 850 g/mol. The van der Waals surface area contributed by atoms with Crippen molar-refractivity contribution in [3.8, 4) is 78.4 Å². The molecule has 0 saturated heterocycles. The third-order valence-corrected chi connectivity index (χ3v) is 17.0. The van der Waals surface area contributed by atoms with Gasteiger partial charge >= 0.3 is 0 Å². The lowest BCUT2D eigenvalue weighted by atomic mass is 9.43. The van der Waals surface area contributed by atoms with Crippen LogP contribution in [-0.2, 0) is 5.41 Å². The Morgan fingerprint density at radius 2 is 0.954 bits per heavy atom. The lowest BCUT2D eigenvalue weighted by molar-refractivity contribution is -0.0399. The smallest absolute Gasteiger partial charge is 0.160 e. The number of hydrogen-bond donors (Lipinski definition) is 0. The standard InChI is InChI=1S/C62H46N2S/c1-3-13-40(14-4-1)55-37-56(41-15-5-2-6-16-41)64-61(63-55)46-20-12-18-43(35-46)42-17-11-19-45(34-42)59-49(44-25-28-58-52(36-44)50-21-8-10-24-57(50)65-58)26-27-54-60(59)51-22-7-9-23-53(51)62(54)47-30-38-29-39(32-47)33-48(62)31-38/h1-28,34-39,47-48H,29-33H2. The summed E-state index contributed by atoms with van der Waals surface area (Å²) in [4.78, 5) is 10.4. The van der Waals surface area contributed by atoms with Gasteiger partial charge in [0.2, 0.25) is 0 Å². The summed E-state index contributed by atoms with van der Waals surface area (Å²) in [6, 6.07) is 72.0. The van der Waals surface area contributed by atoms with Crippen molar-refractivity contribution < 1.29 is 0 Å². The minimum absolute atomic E-state index is 0.0823. The van der Waals surface area contributed by atoms with E-state index in [1.165, 1.54) is 91.2 Å². The van der Waals surface area contributed by atoms with Gasteiger partial charge in [-0.25, -0.2) is 9.97 Å². The molecule has 3 heteroatoms. The van der Waals surface area contributed by atoms with E-state index >= 15 is 0 Å². The second kappa shape index (κ2) is 14.5. The van der Waals surface area contributed by atoms with Crippen LogP contribution < -0.4 is 0 Å². The van der Waals surface area contributed by atoms with Crippen molar-refractivity contribution in [2.24, 2.45) is 23.7 Å². The topological polar surface area (TPSA) is 25.8 Å². The first-order valence-electron chi connectivity index (χ1n) is 23.6. The maximum atomic E-state index is 5.20. The van der Waals surface area contributed by atoms with E-state index in [-0.39, 0.29) is 5.41 Å². The molecule has 2 nitrogen and oxygen atoms in total. The first-order chi connectivity index (χ1) is 32.2. The minimum Gasteiger partial charge on any atom is -0.228 e. The van der Waals surface area contributed by atoms with Gasteiger partial charge in [-0.3, -0.25) is 0 Å². The summed E-state index contributed by atoms with van der Waals surface area (Å²) in [6.45, 7) is 0. The Hall–Kier alpha value is -6.94. The number of fused-ring (bicyclic) bond motifs is 6. The van der Waals surface area contributed by atoms with E-state index in [9.17, 15) is 0 Å². The molecule has 4 saturated carbocycles. The van der Waals surface area contributed by atoms with Crippen molar-refractivity contribution in [3.05, 3.63) is 205 Å². The van der Waals surface area contributed by atoms with E-state index < -0.39 is 0 Å². The van der Waals surface area contributed by atoms with Gasteiger partial charge in [-0.2, -0.15) is 0 Å². The van der Waals surface area contributed by atoms with Crippen molar-refractivity contribution in [1.29, 1.82) is 0 Å². The molecule has 0 atom stereocenters. The van der Waals surface area contributed by atoms with E-state index in [0.717, 1.165) is 51.3 Å². The highest BCUT2D eigenvalue weighted by molar-refractivity contribution is 7.25. The Morgan fingerprint density at radius 3 is 1.68 bits per heavy atom. The van der Waals surface area contributed by atoms with Crippen LogP contribution in [0.2, 0.25) is 0 Å². The highest BCUT2D eigenvalue weighted by Gasteiger charge is 2.61. The van der Waals surface area contributed by atoms with E-state index in [1.807, 2.05) is 11.3 Å². The summed E-state index contributed by atoms with van der Waals surface area (Å²) in [5.41, 5.74) is 18.7. The average molecular weight is 851 g/mol. The predicted octanol–water partition coefficient (Wildman–Crippen LogP) is 16.6. The Bertz CT molecular complexity index is 3420. The zero-order valence-electron chi connectivity index (χ0n) is 36.1. The van der Waals surface area contributed by atoms with Gasteiger partial charge in [-0.15, -0.1) is 11.3 Å². The number of benzene rings is 8. The Kier molecular flexibility index (Phi) is 8.37. The van der Waals surface area contributed by atoms with Gasteiger partial charge in [-0.1, -0.05) is 158 Å². The van der Waals surface area contributed by atoms with E-state index in [0.29, 0.717) is 11.8 Å². The van der Waals surface area contributed by atoms with Gasteiger partial charge < -0.3 is 0 Å². The molecule has 0 unspecified atom stereocenters. The molecule has 15 rings (SSSR count). The Labute approximate surface area is 384 Å². The van der Waals surface area contributed by atoms with Crippen LogP contribution in [0.25, 0.3) is 98.6 Å². The van der Waals surface area contributed by atoms with Crippen molar-refractivity contribution >= 4 is 31.5 Å². The van der Waals surface area contributed by atoms with Gasteiger partial charge in [0.1, 0.15) is 0 Å². The van der Waals surface area contributed by atoms with Crippen LogP contribution in [0.15, 0.2) is 194 Å². The maximum absolute atomic E-state index is 5.20. The number of rotatable bonds is 6. The molecule has 0 N–H and O–H groups in total. The molecular formula is C62H46N2S. The fourth-order valence-electron chi connectivity index (χ4n) is 13.5. The summed E-state index contributed by atoms with van der Waals surface area (Å²) in [5.74, 6) is 3.92. The molecule has 8 aromatic carbocycles. The van der Waals surface area contributed by atoms with Crippen molar-refractivity contribution in [3.63, 3.8) is 0 Å². The highest BCUT2D eigenvalue weighted by atomic mass is 32.1. The molecule has 310 valence electrons. The normalized spacial score (nSPS) is 21.3. The van der Waals surface area contributed by atoms with Crippen LogP contribution in [0.5, 0.6) is 0 Å². The van der Waals surface area contributed by atoms with Crippen molar-refractivity contribution in [2.75, 3.05) is 0 Å². The molecule has 5 aliphatic rings. The number of hydrogen-bond acceptors (Lipinski definition) is 3. The third-order valence-electron chi connectivity index (χ3n) is 15.9.